The average molecular weight is 283 g/mol. The quantitative estimate of drug-likeness (QED) is 0.916. The molecule has 0 spiro atoms. The predicted octanol–water partition coefficient (Wildman–Crippen LogP) is 4.11. The van der Waals surface area contributed by atoms with E-state index < -0.39 is 0 Å². The lowest BCUT2D eigenvalue weighted by Gasteiger charge is -2.17. The molecule has 0 bridgehead atoms. The molecule has 0 saturated carbocycles. The van der Waals surface area contributed by atoms with Gasteiger partial charge in [-0.05, 0) is 30.9 Å². The lowest BCUT2D eigenvalue weighted by atomic mass is 10.0. The summed E-state index contributed by atoms with van der Waals surface area (Å²) in [6, 6.07) is 13.0. The van der Waals surface area contributed by atoms with E-state index >= 15 is 0 Å². The molecule has 3 heteroatoms. The second-order valence-corrected chi connectivity index (χ2v) is 5.54. The first-order valence-corrected chi connectivity index (χ1v) is 7.28. The monoisotopic (exact) mass is 283 g/mol. The van der Waals surface area contributed by atoms with Gasteiger partial charge in [0, 0.05) is 23.9 Å². The van der Waals surface area contributed by atoms with E-state index in [0.717, 1.165) is 30.0 Å². The first kappa shape index (κ1) is 13.8. The fraction of sp³-hybridized carbons (Fsp3) is 0.333. The molecule has 1 aliphatic rings. The molecule has 1 N–H and O–H groups in total. The van der Waals surface area contributed by atoms with Crippen LogP contribution in [0.3, 0.4) is 0 Å². The Labute approximate surface area is 125 Å². The van der Waals surface area contributed by atoms with Crippen LogP contribution in [0.15, 0.2) is 36.4 Å². The van der Waals surface area contributed by atoms with Gasteiger partial charge in [-0.2, -0.15) is 0 Å². The van der Waals surface area contributed by atoms with E-state index in [4.69, 9.17) is 9.47 Å². The number of fused-ring (bicyclic) bond motifs is 1. The van der Waals surface area contributed by atoms with Crippen LogP contribution in [0.4, 0.5) is 5.69 Å². The number of hydrogen-bond donors (Lipinski definition) is 1. The van der Waals surface area contributed by atoms with Crippen molar-refractivity contribution >= 4 is 5.69 Å². The maximum atomic E-state index is 5.33. The highest BCUT2D eigenvalue weighted by atomic mass is 16.5. The Morgan fingerprint density at radius 3 is 2.38 bits per heavy atom. The summed E-state index contributed by atoms with van der Waals surface area (Å²) in [6.45, 7) is 2.14. The van der Waals surface area contributed by atoms with Crippen LogP contribution in [0.2, 0.25) is 0 Å². The number of methoxy groups -OCH3 is 2. The van der Waals surface area contributed by atoms with Gasteiger partial charge in [0.25, 0.3) is 0 Å². The van der Waals surface area contributed by atoms with Crippen LogP contribution in [0, 0.1) is 6.92 Å². The molecule has 0 heterocycles. The van der Waals surface area contributed by atoms with Crippen LogP contribution in [-0.2, 0) is 6.42 Å². The van der Waals surface area contributed by atoms with Crippen molar-refractivity contribution in [3.05, 3.63) is 53.1 Å². The molecule has 0 amide bonds. The standard InChI is InChI=1S/C18H21NO2/c1-12-4-5-13-6-7-18(17(13)8-12)19-14-9-15(20-2)11-16(10-14)21-3/h4-5,8-11,18-19H,6-7H2,1-3H3. The highest BCUT2D eigenvalue weighted by molar-refractivity contribution is 5.56. The van der Waals surface area contributed by atoms with Gasteiger partial charge in [0.15, 0.2) is 0 Å². The average Bonchev–Trinajstić information content (AvgIpc) is 2.89. The third kappa shape index (κ3) is 2.82. The maximum absolute atomic E-state index is 5.33. The van der Waals surface area contributed by atoms with Crippen molar-refractivity contribution in [1.82, 2.24) is 0 Å². The third-order valence-electron chi connectivity index (χ3n) is 4.07. The van der Waals surface area contributed by atoms with Gasteiger partial charge in [0.05, 0.1) is 20.3 Å². The number of hydrogen-bond acceptors (Lipinski definition) is 3. The highest BCUT2D eigenvalue weighted by Gasteiger charge is 2.22. The summed E-state index contributed by atoms with van der Waals surface area (Å²) in [5.74, 6) is 1.61. The van der Waals surface area contributed by atoms with Crippen LogP contribution in [0.25, 0.3) is 0 Å². The largest absolute Gasteiger partial charge is 0.497 e. The van der Waals surface area contributed by atoms with Gasteiger partial charge in [-0.1, -0.05) is 23.8 Å². The van der Waals surface area contributed by atoms with Crippen LogP contribution in [0.1, 0.15) is 29.2 Å². The van der Waals surface area contributed by atoms with E-state index in [-0.39, 0.29) is 0 Å². The van der Waals surface area contributed by atoms with Gasteiger partial charge >= 0.3 is 0 Å². The molecule has 2 aromatic carbocycles. The van der Waals surface area contributed by atoms with E-state index in [1.54, 1.807) is 14.2 Å². The molecular formula is C18H21NO2. The van der Waals surface area contributed by atoms with E-state index in [2.05, 4.69) is 30.4 Å². The predicted molar refractivity (Wildman–Crippen MR) is 85.4 cm³/mol. The van der Waals surface area contributed by atoms with Crippen LogP contribution in [0.5, 0.6) is 11.5 Å². The molecule has 1 unspecified atom stereocenters. The Kier molecular flexibility index (Phi) is 3.74. The van der Waals surface area contributed by atoms with Gasteiger partial charge in [-0.15, -0.1) is 0 Å². The van der Waals surface area contributed by atoms with Crippen molar-refractivity contribution in [2.75, 3.05) is 19.5 Å². The van der Waals surface area contributed by atoms with Crippen molar-refractivity contribution in [3.8, 4) is 11.5 Å². The minimum atomic E-state index is 0.358. The molecule has 0 aromatic heterocycles. The molecule has 0 fully saturated rings. The second-order valence-electron chi connectivity index (χ2n) is 5.54. The summed E-state index contributed by atoms with van der Waals surface area (Å²) < 4.78 is 10.7. The lowest BCUT2D eigenvalue weighted by molar-refractivity contribution is 0.394. The zero-order chi connectivity index (χ0) is 14.8. The lowest BCUT2D eigenvalue weighted by Crippen LogP contribution is -2.07. The first-order chi connectivity index (χ1) is 10.2. The van der Waals surface area contributed by atoms with Crippen molar-refractivity contribution in [1.29, 1.82) is 0 Å². The minimum absolute atomic E-state index is 0.358. The first-order valence-electron chi connectivity index (χ1n) is 7.28. The van der Waals surface area contributed by atoms with Crippen LogP contribution < -0.4 is 14.8 Å². The zero-order valence-corrected chi connectivity index (χ0v) is 12.8. The van der Waals surface area contributed by atoms with Crippen molar-refractivity contribution in [2.45, 2.75) is 25.8 Å². The smallest absolute Gasteiger partial charge is 0.124 e. The Morgan fingerprint density at radius 1 is 1.00 bits per heavy atom. The highest BCUT2D eigenvalue weighted by Crippen LogP contribution is 2.36. The van der Waals surface area contributed by atoms with E-state index in [9.17, 15) is 0 Å². The number of rotatable bonds is 4. The number of ether oxygens (including phenoxy) is 2. The number of anilines is 1. The zero-order valence-electron chi connectivity index (χ0n) is 12.8. The second kappa shape index (κ2) is 5.68. The van der Waals surface area contributed by atoms with Gasteiger partial charge in [-0.3, -0.25) is 0 Å². The normalized spacial score (nSPS) is 16.4. The van der Waals surface area contributed by atoms with Crippen LogP contribution in [-0.4, -0.2) is 14.2 Å². The molecular weight excluding hydrogens is 262 g/mol. The SMILES string of the molecule is COc1cc(NC2CCc3ccc(C)cc32)cc(OC)c1. The molecule has 21 heavy (non-hydrogen) atoms. The van der Waals surface area contributed by atoms with Gasteiger partial charge in [0.2, 0.25) is 0 Å². The molecule has 2 aromatic rings. The summed E-state index contributed by atoms with van der Waals surface area (Å²) in [7, 11) is 3.35. The Balaban J connectivity index is 1.87. The summed E-state index contributed by atoms with van der Waals surface area (Å²) in [5.41, 5.74) is 5.21. The van der Waals surface area contributed by atoms with Crippen LogP contribution >= 0.6 is 0 Å². The molecule has 0 saturated heterocycles. The number of nitrogens with one attached hydrogen (secondary N) is 1. The summed E-state index contributed by atoms with van der Waals surface area (Å²) in [5, 5.41) is 3.61. The summed E-state index contributed by atoms with van der Waals surface area (Å²) >= 11 is 0. The van der Waals surface area contributed by atoms with E-state index in [0.29, 0.717) is 6.04 Å². The molecule has 1 aliphatic carbocycles. The Hall–Kier alpha value is -2.16. The summed E-state index contributed by atoms with van der Waals surface area (Å²) in [4.78, 5) is 0. The Morgan fingerprint density at radius 2 is 1.71 bits per heavy atom. The molecule has 3 nitrogen and oxygen atoms in total. The maximum Gasteiger partial charge on any atom is 0.124 e. The summed E-state index contributed by atoms with van der Waals surface area (Å²) in [6.07, 6.45) is 2.26. The number of aryl methyl sites for hydroxylation is 2. The molecule has 0 aliphatic heterocycles. The van der Waals surface area contributed by atoms with E-state index in [1.807, 2.05) is 18.2 Å². The molecule has 110 valence electrons. The van der Waals surface area contributed by atoms with E-state index in [1.165, 1.54) is 16.7 Å². The molecule has 3 rings (SSSR count). The van der Waals surface area contributed by atoms with Gasteiger partial charge in [0.1, 0.15) is 11.5 Å². The van der Waals surface area contributed by atoms with Crippen molar-refractivity contribution < 1.29 is 9.47 Å². The molecule has 1 atom stereocenters. The number of benzene rings is 2. The van der Waals surface area contributed by atoms with Gasteiger partial charge in [-0.25, -0.2) is 0 Å². The fourth-order valence-electron chi connectivity index (χ4n) is 2.96. The fourth-order valence-corrected chi connectivity index (χ4v) is 2.96. The molecule has 0 radical (unpaired) electrons. The van der Waals surface area contributed by atoms with Gasteiger partial charge < -0.3 is 14.8 Å². The topological polar surface area (TPSA) is 30.5 Å². The Bertz CT molecular complexity index is 629. The van der Waals surface area contributed by atoms with Crippen molar-refractivity contribution in [3.63, 3.8) is 0 Å². The third-order valence-corrected chi connectivity index (χ3v) is 4.07. The minimum Gasteiger partial charge on any atom is -0.497 e. The van der Waals surface area contributed by atoms with Crippen molar-refractivity contribution in [2.24, 2.45) is 0 Å².